The van der Waals surface area contributed by atoms with Gasteiger partial charge in [-0.25, -0.2) is 0 Å². The van der Waals surface area contributed by atoms with E-state index in [9.17, 15) is 9.90 Å². The van der Waals surface area contributed by atoms with Crippen LogP contribution in [0, 0.1) is 0 Å². The fraction of sp³-hybridized carbons (Fsp3) is 0.500. The van der Waals surface area contributed by atoms with Gasteiger partial charge in [0.15, 0.2) is 5.78 Å². The second-order valence-corrected chi connectivity index (χ2v) is 5.16. The molecule has 0 aliphatic carbocycles. The molecule has 3 heteroatoms. The fourth-order valence-electron chi connectivity index (χ4n) is 1.76. The molecule has 0 heterocycles. The van der Waals surface area contributed by atoms with Crippen molar-refractivity contribution in [2.75, 3.05) is 0 Å². The van der Waals surface area contributed by atoms with Crippen molar-refractivity contribution in [1.29, 1.82) is 0 Å². The summed E-state index contributed by atoms with van der Waals surface area (Å²) in [4.78, 5) is 11.9. The van der Waals surface area contributed by atoms with E-state index in [4.69, 9.17) is 0 Å². The van der Waals surface area contributed by atoms with Crippen molar-refractivity contribution >= 4 is 21.7 Å². The Labute approximate surface area is 111 Å². The number of phenolic OH excluding ortho intramolecular Hbond substituents is 1. The molecule has 0 atom stereocenters. The molecule has 0 aliphatic heterocycles. The van der Waals surface area contributed by atoms with E-state index in [-0.39, 0.29) is 11.5 Å². The molecule has 1 aromatic carbocycles. The van der Waals surface area contributed by atoms with Gasteiger partial charge < -0.3 is 5.11 Å². The van der Waals surface area contributed by atoms with Gasteiger partial charge in [0, 0.05) is 10.9 Å². The summed E-state index contributed by atoms with van der Waals surface area (Å²) in [6.07, 6.45) is 6.15. The van der Waals surface area contributed by atoms with E-state index in [1.54, 1.807) is 18.2 Å². The summed E-state index contributed by atoms with van der Waals surface area (Å²) < 4.78 is 0.824. The quantitative estimate of drug-likeness (QED) is 0.585. The van der Waals surface area contributed by atoms with Crippen LogP contribution in [0.4, 0.5) is 0 Å². The molecule has 0 saturated heterocycles. The van der Waals surface area contributed by atoms with Crippen molar-refractivity contribution in [3.05, 3.63) is 28.2 Å². The summed E-state index contributed by atoms with van der Waals surface area (Å²) in [5, 5.41) is 9.60. The Balaban J connectivity index is 2.44. The number of ketones is 1. The van der Waals surface area contributed by atoms with Crippen LogP contribution in [-0.2, 0) is 0 Å². The molecule has 0 bridgehead atoms. The largest absolute Gasteiger partial charge is 0.507 e. The molecule has 17 heavy (non-hydrogen) atoms. The number of phenols is 1. The van der Waals surface area contributed by atoms with Crippen LogP contribution >= 0.6 is 15.9 Å². The normalized spacial score (nSPS) is 10.5. The molecule has 0 fully saturated rings. The van der Waals surface area contributed by atoms with Crippen molar-refractivity contribution in [2.45, 2.75) is 45.4 Å². The van der Waals surface area contributed by atoms with E-state index < -0.39 is 0 Å². The third kappa shape index (κ3) is 4.90. The molecule has 1 N–H and O–H groups in total. The zero-order valence-electron chi connectivity index (χ0n) is 10.2. The van der Waals surface area contributed by atoms with E-state index in [1.165, 1.54) is 19.3 Å². The fourth-order valence-corrected chi connectivity index (χ4v) is 2.12. The minimum atomic E-state index is 0.0281. The first-order chi connectivity index (χ1) is 8.15. The second kappa shape index (κ2) is 7.49. The number of carbonyl (C=O) groups excluding carboxylic acids is 1. The highest BCUT2D eigenvalue weighted by Gasteiger charge is 2.10. The number of hydrogen-bond acceptors (Lipinski definition) is 2. The van der Waals surface area contributed by atoms with Crippen LogP contribution in [0.15, 0.2) is 22.7 Å². The van der Waals surface area contributed by atoms with Gasteiger partial charge in [-0.3, -0.25) is 4.79 Å². The predicted molar refractivity (Wildman–Crippen MR) is 73.5 cm³/mol. The number of carbonyl (C=O) groups is 1. The Kier molecular flexibility index (Phi) is 6.27. The van der Waals surface area contributed by atoms with E-state index >= 15 is 0 Å². The molecular weight excluding hydrogens is 280 g/mol. The molecule has 1 aromatic rings. The van der Waals surface area contributed by atoms with Gasteiger partial charge in [-0.05, 0) is 24.6 Å². The van der Waals surface area contributed by atoms with Gasteiger partial charge in [0.25, 0.3) is 0 Å². The number of rotatable bonds is 7. The lowest BCUT2D eigenvalue weighted by atomic mass is 10.0. The summed E-state index contributed by atoms with van der Waals surface area (Å²) in [7, 11) is 0. The van der Waals surface area contributed by atoms with Gasteiger partial charge in [0.2, 0.25) is 0 Å². The highest BCUT2D eigenvalue weighted by Crippen LogP contribution is 2.23. The van der Waals surface area contributed by atoms with E-state index in [0.29, 0.717) is 12.0 Å². The van der Waals surface area contributed by atoms with E-state index in [0.717, 1.165) is 17.3 Å². The molecule has 0 aliphatic rings. The molecule has 0 aromatic heterocycles. The van der Waals surface area contributed by atoms with Crippen molar-refractivity contribution in [1.82, 2.24) is 0 Å². The first-order valence-electron chi connectivity index (χ1n) is 6.17. The number of benzene rings is 1. The van der Waals surface area contributed by atoms with Gasteiger partial charge in [0.05, 0.1) is 5.56 Å². The number of halogens is 1. The second-order valence-electron chi connectivity index (χ2n) is 4.25. The molecule has 0 radical (unpaired) electrons. The van der Waals surface area contributed by atoms with Gasteiger partial charge in [-0.2, -0.15) is 0 Å². The smallest absolute Gasteiger partial charge is 0.166 e. The average Bonchev–Trinajstić information content (AvgIpc) is 2.32. The minimum Gasteiger partial charge on any atom is -0.507 e. The van der Waals surface area contributed by atoms with E-state index in [2.05, 4.69) is 22.9 Å². The summed E-state index contributed by atoms with van der Waals surface area (Å²) in [5.74, 6) is 0.104. The number of hydrogen-bond donors (Lipinski definition) is 1. The first-order valence-corrected chi connectivity index (χ1v) is 6.96. The molecule has 2 nitrogen and oxygen atoms in total. The van der Waals surface area contributed by atoms with Crippen molar-refractivity contribution in [3.8, 4) is 5.75 Å². The van der Waals surface area contributed by atoms with Crippen molar-refractivity contribution < 1.29 is 9.90 Å². The van der Waals surface area contributed by atoms with Crippen LogP contribution in [0.25, 0.3) is 0 Å². The molecule has 0 saturated carbocycles. The zero-order valence-corrected chi connectivity index (χ0v) is 11.8. The lowest BCUT2D eigenvalue weighted by Gasteiger charge is -2.04. The summed E-state index contributed by atoms with van der Waals surface area (Å²) in [6, 6.07) is 4.96. The highest BCUT2D eigenvalue weighted by molar-refractivity contribution is 9.10. The molecule has 0 unspecified atom stereocenters. The number of aromatic hydroxyl groups is 1. The first kappa shape index (κ1) is 14.2. The lowest BCUT2D eigenvalue weighted by molar-refractivity contribution is 0.0976. The number of Topliss-reactive ketones (excluding diaryl/α,β-unsaturated/α-hetero) is 1. The van der Waals surface area contributed by atoms with Crippen LogP contribution in [0.2, 0.25) is 0 Å². The summed E-state index contributed by atoms with van der Waals surface area (Å²) >= 11 is 3.30. The zero-order chi connectivity index (χ0) is 12.7. The maximum Gasteiger partial charge on any atom is 0.166 e. The van der Waals surface area contributed by atoms with Crippen LogP contribution in [0.5, 0.6) is 5.75 Å². The van der Waals surface area contributed by atoms with Crippen LogP contribution < -0.4 is 0 Å². The molecule has 0 spiro atoms. The van der Waals surface area contributed by atoms with Crippen LogP contribution in [0.3, 0.4) is 0 Å². The van der Waals surface area contributed by atoms with Crippen molar-refractivity contribution in [3.63, 3.8) is 0 Å². The van der Waals surface area contributed by atoms with E-state index in [1.807, 2.05) is 0 Å². The Morgan fingerprint density at radius 1 is 1.24 bits per heavy atom. The summed E-state index contributed by atoms with van der Waals surface area (Å²) in [6.45, 7) is 2.17. The molecule has 0 amide bonds. The molecule has 1 rings (SSSR count). The third-order valence-corrected chi connectivity index (χ3v) is 3.26. The Bertz CT molecular complexity index is 374. The van der Waals surface area contributed by atoms with Crippen molar-refractivity contribution in [2.24, 2.45) is 0 Å². The Hall–Kier alpha value is -0.830. The summed E-state index contributed by atoms with van der Waals surface area (Å²) in [5.41, 5.74) is 0.426. The maximum absolute atomic E-state index is 11.9. The third-order valence-electron chi connectivity index (χ3n) is 2.77. The van der Waals surface area contributed by atoms with Gasteiger partial charge >= 0.3 is 0 Å². The topological polar surface area (TPSA) is 37.3 Å². The standard InChI is InChI=1S/C14H19BrO2/c1-2-3-4-5-6-7-13(16)12-10-11(15)8-9-14(12)17/h8-10,17H,2-7H2,1H3. The van der Waals surface area contributed by atoms with Crippen LogP contribution in [0.1, 0.15) is 55.8 Å². The maximum atomic E-state index is 11.9. The Morgan fingerprint density at radius 3 is 2.65 bits per heavy atom. The van der Waals surface area contributed by atoms with Gasteiger partial charge in [-0.1, -0.05) is 48.5 Å². The average molecular weight is 299 g/mol. The highest BCUT2D eigenvalue weighted by atomic mass is 79.9. The lowest BCUT2D eigenvalue weighted by Crippen LogP contribution is -1.99. The van der Waals surface area contributed by atoms with Gasteiger partial charge in [-0.15, -0.1) is 0 Å². The van der Waals surface area contributed by atoms with Crippen LogP contribution in [-0.4, -0.2) is 10.9 Å². The number of unbranched alkanes of at least 4 members (excludes halogenated alkanes) is 4. The van der Waals surface area contributed by atoms with Gasteiger partial charge in [0.1, 0.15) is 5.75 Å². The SMILES string of the molecule is CCCCCCCC(=O)c1cc(Br)ccc1O. The predicted octanol–water partition coefficient (Wildman–Crippen LogP) is 4.70. The minimum absolute atomic E-state index is 0.0281. The Morgan fingerprint density at radius 2 is 1.94 bits per heavy atom. The molecule has 94 valence electrons. The molecular formula is C14H19BrO2. The monoisotopic (exact) mass is 298 g/mol.